The predicted octanol–water partition coefficient (Wildman–Crippen LogP) is 4.01. The average Bonchev–Trinajstić information content (AvgIpc) is 2.71. The van der Waals surface area contributed by atoms with Gasteiger partial charge in [-0.1, -0.05) is 42.5 Å². The van der Waals surface area contributed by atoms with Crippen molar-refractivity contribution in [3.05, 3.63) is 65.7 Å². The molecule has 31 heavy (non-hydrogen) atoms. The van der Waals surface area contributed by atoms with Gasteiger partial charge in [0.2, 0.25) is 5.54 Å². The van der Waals surface area contributed by atoms with E-state index in [0.717, 1.165) is 0 Å². The number of ether oxygens (including phenoxy) is 2. The summed E-state index contributed by atoms with van der Waals surface area (Å²) in [6.45, 7) is 4.72. The van der Waals surface area contributed by atoms with Gasteiger partial charge in [0.05, 0.1) is 0 Å². The number of aliphatic carboxylic acids is 1. The molecule has 0 bridgehead atoms. The van der Waals surface area contributed by atoms with Crippen LogP contribution in [0.4, 0.5) is 4.79 Å². The Morgan fingerprint density at radius 3 is 2.10 bits per heavy atom. The number of benzene rings is 2. The van der Waals surface area contributed by atoms with Crippen molar-refractivity contribution < 1.29 is 32.8 Å². The fraction of sp³-hybridized carbons (Fsp3) is 0.318. The highest BCUT2D eigenvalue weighted by Gasteiger charge is 2.51. The van der Waals surface area contributed by atoms with Gasteiger partial charge in [-0.05, 0) is 44.0 Å². The van der Waals surface area contributed by atoms with Crippen molar-refractivity contribution in [1.29, 1.82) is 0 Å². The molecule has 2 aromatic carbocycles. The summed E-state index contributed by atoms with van der Waals surface area (Å²) in [6, 6.07) is 15.2. The Balaban J connectivity index is 2.30. The zero-order valence-corrected chi connectivity index (χ0v) is 19.0. The Kier molecular flexibility index (Phi) is 8.04. The number of alkyl carbamates (subject to hydrolysis) is 1. The SMILES string of the molecule is CC(C)(C)OC(=O)[C@](Cc1ccc(OBr)cc1)(NC(=O)OCc1ccccc1)C(=O)O. The minimum absolute atomic E-state index is 0.0893. The van der Waals surface area contributed by atoms with Crippen LogP contribution in [0.1, 0.15) is 31.9 Å². The first-order valence-corrected chi connectivity index (χ1v) is 10.0. The van der Waals surface area contributed by atoms with Crippen molar-refractivity contribution in [2.45, 2.75) is 44.9 Å². The second-order valence-electron chi connectivity index (χ2n) is 7.80. The van der Waals surface area contributed by atoms with Gasteiger partial charge in [0.1, 0.15) is 18.0 Å². The lowest BCUT2D eigenvalue weighted by Crippen LogP contribution is -2.63. The Labute approximate surface area is 188 Å². The summed E-state index contributed by atoms with van der Waals surface area (Å²) in [6.07, 6.45) is -1.42. The summed E-state index contributed by atoms with van der Waals surface area (Å²) in [5.74, 6) is -2.19. The van der Waals surface area contributed by atoms with Gasteiger partial charge in [0.15, 0.2) is 16.3 Å². The smallest absolute Gasteiger partial charge is 0.408 e. The van der Waals surface area contributed by atoms with E-state index in [9.17, 15) is 19.5 Å². The molecule has 166 valence electrons. The van der Waals surface area contributed by atoms with Crippen LogP contribution in [0.15, 0.2) is 54.6 Å². The summed E-state index contributed by atoms with van der Waals surface area (Å²) in [7, 11) is 0. The molecule has 8 nitrogen and oxygen atoms in total. The Morgan fingerprint density at radius 1 is 0.968 bits per heavy atom. The summed E-state index contributed by atoms with van der Waals surface area (Å²) < 4.78 is 15.4. The van der Waals surface area contributed by atoms with E-state index in [1.54, 1.807) is 69.3 Å². The van der Waals surface area contributed by atoms with Crippen LogP contribution in [0.5, 0.6) is 5.75 Å². The molecular formula is C22H24BrNO7. The van der Waals surface area contributed by atoms with Gasteiger partial charge in [-0.2, -0.15) is 0 Å². The number of hydrogen-bond acceptors (Lipinski definition) is 6. The molecule has 0 saturated carbocycles. The Bertz CT molecular complexity index is 910. The lowest BCUT2D eigenvalue weighted by molar-refractivity contribution is -0.171. The summed E-state index contributed by atoms with van der Waals surface area (Å²) >= 11 is 2.85. The first kappa shape index (κ1) is 24.2. The number of carbonyl (C=O) groups excluding carboxylic acids is 2. The molecule has 2 rings (SSSR count). The van der Waals surface area contributed by atoms with Crippen molar-refractivity contribution in [2.75, 3.05) is 0 Å². The molecule has 0 unspecified atom stereocenters. The van der Waals surface area contributed by atoms with Gasteiger partial charge < -0.3 is 18.4 Å². The number of halogens is 1. The number of amides is 1. The number of rotatable bonds is 8. The molecule has 1 atom stereocenters. The molecule has 0 spiro atoms. The maximum atomic E-state index is 13.0. The van der Waals surface area contributed by atoms with Crippen molar-refractivity contribution >= 4 is 34.3 Å². The van der Waals surface area contributed by atoms with Crippen molar-refractivity contribution in [1.82, 2.24) is 5.32 Å². The molecule has 0 aliphatic carbocycles. The van der Waals surface area contributed by atoms with E-state index in [1.807, 2.05) is 6.07 Å². The highest BCUT2D eigenvalue weighted by molar-refractivity contribution is 9.06. The molecule has 0 aromatic heterocycles. The topological polar surface area (TPSA) is 111 Å². The average molecular weight is 494 g/mol. The van der Waals surface area contributed by atoms with E-state index in [-0.39, 0.29) is 13.0 Å². The highest BCUT2D eigenvalue weighted by atomic mass is 79.9. The third-order valence-corrected chi connectivity index (χ3v) is 4.50. The zero-order valence-electron chi connectivity index (χ0n) is 17.4. The third kappa shape index (κ3) is 6.99. The maximum absolute atomic E-state index is 13.0. The first-order chi connectivity index (χ1) is 14.6. The van der Waals surface area contributed by atoms with Crippen LogP contribution < -0.4 is 9.15 Å². The van der Waals surface area contributed by atoms with Gasteiger partial charge in [-0.25, -0.2) is 14.4 Å². The van der Waals surface area contributed by atoms with E-state index >= 15 is 0 Å². The highest BCUT2D eigenvalue weighted by Crippen LogP contribution is 2.23. The van der Waals surface area contributed by atoms with Gasteiger partial charge in [0.25, 0.3) is 0 Å². The molecule has 0 heterocycles. The maximum Gasteiger partial charge on any atom is 0.408 e. The minimum atomic E-state index is -2.39. The summed E-state index contributed by atoms with van der Waals surface area (Å²) in [4.78, 5) is 37.7. The number of carboxylic acid groups (broad SMARTS) is 1. The van der Waals surface area contributed by atoms with E-state index in [0.29, 0.717) is 16.9 Å². The summed E-state index contributed by atoms with van der Waals surface area (Å²) in [5, 5.41) is 12.2. The number of nitrogens with one attached hydrogen (secondary N) is 1. The first-order valence-electron chi connectivity index (χ1n) is 9.39. The molecule has 2 aromatic rings. The van der Waals surface area contributed by atoms with Crippen molar-refractivity contribution in [3.63, 3.8) is 0 Å². The molecule has 2 N–H and O–H groups in total. The number of carbonyl (C=O) groups is 3. The second kappa shape index (κ2) is 10.3. The van der Waals surface area contributed by atoms with Crippen molar-refractivity contribution in [3.8, 4) is 5.75 Å². The van der Waals surface area contributed by atoms with E-state index in [1.165, 1.54) is 0 Å². The van der Waals surface area contributed by atoms with Gasteiger partial charge >= 0.3 is 18.0 Å². The fourth-order valence-corrected chi connectivity index (χ4v) is 2.86. The molecule has 0 fully saturated rings. The molecule has 9 heteroatoms. The lowest BCUT2D eigenvalue weighted by Gasteiger charge is -2.31. The number of esters is 1. The van der Waals surface area contributed by atoms with Gasteiger partial charge in [0, 0.05) is 6.42 Å². The van der Waals surface area contributed by atoms with Crippen LogP contribution >= 0.6 is 16.3 Å². The standard InChI is InChI=1S/C22H24BrNO7/c1-21(2,3)30-19(27)22(18(25)26,13-15-9-11-17(31-23)12-10-15)24-20(28)29-14-16-7-5-4-6-8-16/h4-12H,13-14H2,1-3H3,(H,24,28)(H,25,26)/t22-/m1/s1. The van der Waals surface area contributed by atoms with Gasteiger partial charge in [-0.15, -0.1) is 0 Å². The van der Waals surface area contributed by atoms with Crippen molar-refractivity contribution in [2.24, 2.45) is 0 Å². The van der Waals surface area contributed by atoms with Crippen LogP contribution in [0.3, 0.4) is 0 Å². The summed E-state index contributed by atoms with van der Waals surface area (Å²) in [5.41, 5.74) is -2.19. The Morgan fingerprint density at radius 2 is 1.58 bits per heavy atom. The molecule has 0 saturated heterocycles. The van der Waals surface area contributed by atoms with E-state index < -0.39 is 29.2 Å². The number of carboxylic acids is 1. The van der Waals surface area contributed by atoms with E-state index in [2.05, 4.69) is 21.6 Å². The third-order valence-electron chi connectivity index (χ3n) is 4.12. The molecular weight excluding hydrogens is 470 g/mol. The molecule has 0 aliphatic rings. The zero-order chi connectivity index (χ0) is 23.1. The minimum Gasteiger partial charge on any atom is -0.479 e. The molecule has 1 amide bonds. The monoisotopic (exact) mass is 493 g/mol. The largest absolute Gasteiger partial charge is 0.479 e. The van der Waals surface area contributed by atoms with Crippen LogP contribution in [0.25, 0.3) is 0 Å². The van der Waals surface area contributed by atoms with Crippen LogP contribution in [0, 0.1) is 0 Å². The Hall–Kier alpha value is -3.07. The lowest BCUT2D eigenvalue weighted by atomic mass is 9.90. The molecule has 0 aliphatic heterocycles. The van der Waals surface area contributed by atoms with Gasteiger partial charge in [-0.3, -0.25) is 5.32 Å². The van der Waals surface area contributed by atoms with E-state index in [4.69, 9.17) is 13.3 Å². The number of hydrogen-bond donors (Lipinski definition) is 2. The normalized spacial score (nSPS) is 12.9. The molecule has 0 radical (unpaired) electrons. The van der Waals surface area contributed by atoms with Crippen LogP contribution in [-0.2, 0) is 32.1 Å². The predicted molar refractivity (Wildman–Crippen MR) is 116 cm³/mol. The second-order valence-corrected chi connectivity index (χ2v) is 8.12. The van der Waals surface area contributed by atoms with Crippen LogP contribution in [0.2, 0.25) is 0 Å². The fourth-order valence-electron chi connectivity index (χ4n) is 2.65. The quantitative estimate of drug-likeness (QED) is 0.422. The van der Waals surface area contributed by atoms with Crippen LogP contribution in [-0.4, -0.2) is 34.3 Å².